The fraction of sp³-hybridized carbons (Fsp3) is 0.240. The van der Waals surface area contributed by atoms with Crippen molar-refractivity contribution in [3.8, 4) is 11.5 Å². The van der Waals surface area contributed by atoms with Crippen molar-refractivity contribution >= 4 is 21.6 Å². The summed E-state index contributed by atoms with van der Waals surface area (Å²) in [7, 11) is -2.15. The van der Waals surface area contributed by atoms with Gasteiger partial charge in [0, 0.05) is 11.3 Å². The molecule has 2 N–H and O–H groups in total. The Bertz CT molecular complexity index is 1160. The van der Waals surface area contributed by atoms with E-state index in [4.69, 9.17) is 9.47 Å². The fourth-order valence-corrected chi connectivity index (χ4v) is 4.34. The third-order valence-corrected chi connectivity index (χ3v) is 6.47. The van der Waals surface area contributed by atoms with E-state index in [1.165, 1.54) is 12.1 Å². The summed E-state index contributed by atoms with van der Waals surface area (Å²) in [6, 6.07) is 19.9. The van der Waals surface area contributed by atoms with Crippen molar-refractivity contribution in [2.24, 2.45) is 0 Å². The van der Waals surface area contributed by atoms with E-state index < -0.39 is 10.0 Å². The molecule has 3 rings (SSSR count). The number of benzene rings is 3. The summed E-state index contributed by atoms with van der Waals surface area (Å²) in [6.07, 6.45) is 0.720. The number of anilines is 1. The minimum absolute atomic E-state index is 0.123. The normalized spacial score (nSPS) is 12.0. The van der Waals surface area contributed by atoms with Gasteiger partial charge in [-0.05, 0) is 79.6 Å². The van der Waals surface area contributed by atoms with E-state index in [0.29, 0.717) is 23.6 Å². The van der Waals surface area contributed by atoms with Crippen LogP contribution in [0.4, 0.5) is 5.69 Å². The molecule has 0 aliphatic rings. The van der Waals surface area contributed by atoms with Gasteiger partial charge in [-0.15, -0.1) is 0 Å². The van der Waals surface area contributed by atoms with Gasteiger partial charge in [-0.2, -0.15) is 0 Å². The summed E-state index contributed by atoms with van der Waals surface area (Å²) in [5.74, 6) is 1.12. The molecule has 0 aromatic heterocycles. The summed E-state index contributed by atoms with van der Waals surface area (Å²) in [6.45, 7) is 4.36. The van der Waals surface area contributed by atoms with Gasteiger partial charge in [0.15, 0.2) is 0 Å². The molecular weight excluding hydrogens is 440 g/mol. The minimum atomic E-state index is -3.76. The van der Waals surface area contributed by atoms with E-state index in [1.54, 1.807) is 43.5 Å². The van der Waals surface area contributed by atoms with E-state index in [9.17, 15) is 13.2 Å². The highest BCUT2D eigenvalue weighted by molar-refractivity contribution is 7.92. The quantitative estimate of drug-likeness (QED) is 0.447. The lowest BCUT2D eigenvalue weighted by Gasteiger charge is -2.18. The van der Waals surface area contributed by atoms with Crippen molar-refractivity contribution in [1.29, 1.82) is 0 Å². The van der Waals surface area contributed by atoms with Gasteiger partial charge in [0.05, 0.1) is 24.7 Å². The third-order valence-electron chi connectivity index (χ3n) is 5.08. The van der Waals surface area contributed by atoms with Crippen LogP contribution in [0.25, 0.3) is 0 Å². The minimum Gasteiger partial charge on any atom is -0.497 e. The van der Waals surface area contributed by atoms with Gasteiger partial charge in [0.1, 0.15) is 11.5 Å². The van der Waals surface area contributed by atoms with Crippen LogP contribution in [0.2, 0.25) is 0 Å². The molecule has 0 radical (unpaired) electrons. The molecule has 0 heterocycles. The second-order valence-electron chi connectivity index (χ2n) is 7.29. The topological polar surface area (TPSA) is 93.7 Å². The van der Waals surface area contributed by atoms with Crippen LogP contribution in [0.15, 0.2) is 77.7 Å². The molecule has 3 aromatic carbocycles. The monoisotopic (exact) mass is 468 g/mol. The Morgan fingerprint density at radius 1 is 0.879 bits per heavy atom. The van der Waals surface area contributed by atoms with Gasteiger partial charge < -0.3 is 14.8 Å². The zero-order valence-electron chi connectivity index (χ0n) is 18.9. The summed E-state index contributed by atoms with van der Waals surface area (Å²) in [5, 5.41) is 3.02. The van der Waals surface area contributed by atoms with Crippen LogP contribution in [0.1, 0.15) is 42.2 Å². The zero-order chi connectivity index (χ0) is 23.8. The van der Waals surface area contributed by atoms with Crippen LogP contribution in [-0.2, 0) is 10.0 Å². The maximum absolute atomic E-state index is 12.7. The molecular formula is C25H28N2O5S. The lowest BCUT2D eigenvalue weighted by Crippen LogP contribution is -2.28. The number of rotatable bonds is 10. The summed E-state index contributed by atoms with van der Waals surface area (Å²) in [5.41, 5.74) is 1.78. The van der Waals surface area contributed by atoms with Crippen molar-refractivity contribution in [2.75, 3.05) is 18.4 Å². The van der Waals surface area contributed by atoms with Crippen molar-refractivity contribution < 1.29 is 22.7 Å². The maximum atomic E-state index is 12.7. The van der Waals surface area contributed by atoms with Gasteiger partial charge in [0.25, 0.3) is 15.9 Å². The zero-order valence-corrected chi connectivity index (χ0v) is 19.7. The molecule has 3 aromatic rings. The van der Waals surface area contributed by atoms with E-state index >= 15 is 0 Å². The van der Waals surface area contributed by atoms with Gasteiger partial charge in [0.2, 0.25) is 0 Å². The first-order valence-corrected chi connectivity index (χ1v) is 12.1. The number of hydrogen-bond acceptors (Lipinski definition) is 5. The van der Waals surface area contributed by atoms with Gasteiger partial charge in [-0.25, -0.2) is 8.42 Å². The predicted molar refractivity (Wildman–Crippen MR) is 128 cm³/mol. The Kier molecular flexibility index (Phi) is 7.95. The molecule has 0 aliphatic heterocycles. The van der Waals surface area contributed by atoms with Crippen LogP contribution in [-0.4, -0.2) is 28.0 Å². The van der Waals surface area contributed by atoms with Crippen LogP contribution < -0.4 is 19.5 Å². The Morgan fingerprint density at radius 3 is 2.03 bits per heavy atom. The summed E-state index contributed by atoms with van der Waals surface area (Å²) >= 11 is 0. The highest BCUT2D eigenvalue weighted by atomic mass is 32.2. The SMILES string of the molecule is CCOc1ccc(S(=O)(=O)Nc2ccc(C(=O)NC(CC)c3ccc(OC)cc3)cc2)cc1. The third kappa shape index (κ3) is 6.26. The van der Waals surface area contributed by atoms with Crippen LogP contribution >= 0.6 is 0 Å². The van der Waals surface area contributed by atoms with E-state index in [2.05, 4.69) is 10.0 Å². The molecule has 174 valence electrons. The smallest absolute Gasteiger partial charge is 0.261 e. The Balaban J connectivity index is 1.66. The molecule has 1 amide bonds. The van der Waals surface area contributed by atoms with E-state index in [1.807, 2.05) is 38.1 Å². The number of carbonyl (C=O) groups is 1. The van der Waals surface area contributed by atoms with Gasteiger partial charge in [-0.1, -0.05) is 19.1 Å². The molecule has 0 spiro atoms. The van der Waals surface area contributed by atoms with Gasteiger partial charge >= 0.3 is 0 Å². The molecule has 0 saturated carbocycles. The van der Waals surface area contributed by atoms with Crippen LogP contribution in [0, 0.1) is 0 Å². The van der Waals surface area contributed by atoms with Gasteiger partial charge in [-0.3, -0.25) is 9.52 Å². The second kappa shape index (κ2) is 10.9. The molecule has 8 heteroatoms. The first-order valence-electron chi connectivity index (χ1n) is 10.7. The van der Waals surface area contributed by atoms with E-state index in [-0.39, 0.29) is 16.8 Å². The number of methoxy groups -OCH3 is 1. The molecule has 7 nitrogen and oxygen atoms in total. The molecule has 1 unspecified atom stereocenters. The molecule has 0 fully saturated rings. The Labute approximate surface area is 194 Å². The van der Waals surface area contributed by atoms with Crippen LogP contribution in [0.3, 0.4) is 0 Å². The molecule has 1 atom stereocenters. The molecule has 33 heavy (non-hydrogen) atoms. The number of sulfonamides is 1. The number of hydrogen-bond donors (Lipinski definition) is 2. The van der Waals surface area contributed by atoms with Crippen molar-refractivity contribution in [3.05, 3.63) is 83.9 Å². The largest absolute Gasteiger partial charge is 0.497 e. The highest BCUT2D eigenvalue weighted by Gasteiger charge is 2.17. The average molecular weight is 469 g/mol. The molecule has 0 saturated heterocycles. The molecule has 0 aliphatic carbocycles. The lowest BCUT2D eigenvalue weighted by atomic mass is 10.0. The maximum Gasteiger partial charge on any atom is 0.261 e. The number of amides is 1. The summed E-state index contributed by atoms with van der Waals surface area (Å²) < 4.78 is 38.3. The number of carbonyl (C=O) groups excluding carboxylic acids is 1. The van der Waals surface area contributed by atoms with E-state index in [0.717, 1.165) is 17.7 Å². The standard InChI is InChI=1S/C25H28N2O5S/c1-4-24(18-8-12-21(31-3)13-9-18)26-25(28)19-6-10-20(11-7-19)27-33(29,30)23-16-14-22(15-17-23)32-5-2/h6-17,24,27H,4-5H2,1-3H3,(H,26,28). The Morgan fingerprint density at radius 2 is 1.48 bits per heavy atom. The molecule has 0 bridgehead atoms. The fourth-order valence-electron chi connectivity index (χ4n) is 3.28. The number of nitrogens with one attached hydrogen (secondary N) is 2. The Hall–Kier alpha value is -3.52. The van der Waals surface area contributed by atoms with Crippen molar-refractivity contribution in [3.63, 3.8) is 0 Å². The highest BCUT2D eigenvalue weighted by Crippen LogP contribution is 2.22. The first kappa shape index (κ1) is 24.1. The average Bonchev–Trinajstić information content (AvgIpc) is 2.83. The predicted octanol–water partition coefficient (Wildman–Crippen LogP) is 4.78. The summed E-state index contributed by atoms with van der Waals surface area (Å²) in [4.78, 5) is 12.9. The second-order valence-corrected chi connectivity index (χ2v) is 8.98. The van der Waals surface area contributed by atoms with Crippen molar-refractivity contribution in [1.82, 2.24) is 5.32 Å². The number of ether oxygens (including phenoxy) is 2. The van der Waals surface area contributed by atoms with Crippen LogP contribution in [0.5, 0.6) is 11.5 Å². The van der Waals surface area contributed by atoms with Crippen molar-refractivity contribution in [2.45, 2.75) is 31.2 Å². The first-order chi connectivity index (χ1) is 15.9. The lowest BCUT2D eigenvalue weighted by molar-refractivity contribution is 0.0935.